The Bertz CT molecular complexity index is 632. The third kappa shape index (κ3) is 2.43. The number of para-hydroxylation sites is 1. The van der Waals surface area contributed by atoms with Crippen LogP contribution in [0.25, 0.3) is 10.9 Å². The van der Waals surface area contributed by atoms with Gasteiger partial charge in [-0.3, -0.25) is 4.79 Å². The lowest BCUT2D eigenvalue weighted by molar-refractivity contribution is -0.132. The van der Waals surface area contributed by atoms with E-state index in [0.29, 0.717) is 12.5 Å². The van der Waals surface area contributed by atoms with Crippen LogP contribution in [0.3, 0.4) is 0 Å². The number of carbonyl (C=O) groups is 1. The van der Waals surface area contributed by atoms with Gasteiger partial charge in [0.15, 0.2) is 0 Å². The topological polar surface area (TPSA) is 37.3 Å². The number of amides is 1. The number of likely N-dealkylation sites (tertiary alicyclic amines) is 1. The van der Waals surface area contributed by atoms with Crippen molar-refractivity contribution in [3.05, 3.63) is 36.0 Å². The number of hydrogen-bond acceptors (Lipinski definition) is 2. The first-order valence-electron chi connectivity index (χ1n) is 7.15. The second-order valence-electron chi connectivity index (χ2n) is 5.67. The Morgan fingerprint density at radius 2 is 2.10 bits per heavy atom. The van der Waals surface area contributed by atoms with Gasteiger partial charge in [0.2, 0.25) is 5.91 Å². The number of hydrogen-bond donors (Lipinski definition) is 1. The molecule has 1 aromatic heterocycles. The van der Waals surface area contributed by atoms with Crippen LogP contribution >= 0.6 is 0 Å². The summed E-state index contributed by atoms with van der Waals surface area (Å²) in [5.74, 6) is 0.258. The quantitative estimate of drug-likeness (QED) is 0.925. The average molecular weight is 271 g/mol. The van der Waals surface area contributed by atoms with Crippen molar-refractivity contribution in [3.8, 4) is 0 Å². The molecular weight excluding hydrogens is 250 g/mol. The SMILES string of the molecule is CN1CC(NCc2cn(C)c3ccccc23)CCC1=O. The zero-order chi connectivity index (χ0) is 14.1. The maximum Gasteiger partial charge on any atom is 0.222 e. The zero-order valence-electron chi connectivity index (χ0n) is 12.1. The van der Waals surface area contributed by atoms with Gasteiger partial charge in [-0.05, 0) is 18.1 Å². The van der Waals surface area contributed by atoms with Crippen LogP contribution in [0.2, 0.25) is 0 Å². The molecule has 0 bridgehead atoms. The molecule has 0 radical (unpaired) electrons. The van der Waals surface area contributed by atoms with Crippen LogP contribution in [-0.4, -0.2) is 35.0 Å². The van der Waals surface area contributed by atoms with E-state index in [1.54, 1.807) is 0 Å². The average Bonchev–Trinajstić information content (AvgIpc) is 2.78. The number of likely N-dealkylation sites (N-methyl/N-ethyl adjacent to an activating group) is 1. The molecule has 1 aromatic carbocycles. The number of fused-ring (bicyclic) bond motifs is 1. The van der Waals surface area contributed by atoms with Gasteiger partial charge in [0.05, 0.1) is 0 Å². The monoisotopic (exact) mass is 271 g/mol. The van der Waals surface area contributed by atoms with Gasteiger partial charge in [-0.25, -0.2) is 0 Å². The Kier molecular flexibility index (Phi) is 3.49. The van der Waals surface area contributed by atoms with Crippen molar-refractivity contribution < 1.29 is 4.79 Å². The van der Waals surface area contributed by atoms with Gasteiger partial charge < -0.3 is 14.8 Å². The van der Waals surface area contributed by atoms with Crippen molar-refractivity contribution >= 4 is 16.8 Å². The molecule has 0 aliphatic carbocycles. The van der Waals surface area contributed by atoms with Crippen molar-refractivity contribution in [2.75, 3.05) is 13.6 Å². The predicted molar refractivity (Wildman–Crippen MR) is 80.4 cm³/mol. The lowest BCUT2D eigenvalue weighted by Crippen LogP contribution is -2.46. The highest BCUT2D eigenvalue weighted by atomic mass is 16.2. The molecule has 3 rings (SSSR count). The largest absolute Gasteiger partial charge is 0.350 e. The van der Waals surface area contributed by atoms with E-state index in [1.807, 2.05) is 11.9 Å². The molecule has 2 aromatic rings. The van der Waals surface area contributed by atoms with Crippen LogP contribution in [0.4, 0.5) is 0 Å². The van der Waals surface area contributed by atoms with Crippen LogP contribution in [-0.2, 0) is 18.4 Å². The first-order chi connectivity index (χ1) is 9.65. The van der Waals surface area contributed by atoms with Gasteiger partial charge in [0, 0.05) is 56.7 Å². The molecule has 20 heavy (non-hydrogen) atoms. The maximum atomic E-state index is 11.5. The first kappa shape index (κ1) is 13.2. The third-order valence-electron chi connectivity index (χ3n) is 4.19. The number of piperidine rings is 1. The number of aryl methyl sites for hydroxylation is 1. The number of nitrogens with zero attached hydrogens (tertiary/aromatic N) is 2. The summed E-state index contributed by atoms with van der Waals surface area (Å²) in [5, 5.41) is 4.90. The molecule has 1 N–H and O–H groups in total. The van der Waals surface area contributed by atoms with Gasteiger partial charge in [-0.1, -0.05) is 18.2 Å². The minimum Gasteiger partial charge on any atom is -0.350 e. The Morgan fingerprint density at radius 3 is 2.90 bits per heavy atom. The first-order valence-corrected chi connectivity index (χ1v) is 7.15. The summed E-state index contributed by atoms with van der Waals surface area (Å²) in [4.78, 5) is 13.3. The number of carbonyl (C=O) groups excluding carboxylic acids is 1. The van der Waals surface area contributed by atoms with Gasteiger partial charge in [0.25, 0.3) is 0 Å². The summed E-state index contributed by atoms with van der Waals surface area (Å²) < 4.78 is 2.17. The summed E-state index contributed by atoms with van der Waals surface area (Å²) in [6.45, 7) is 1.66. The van der Waals surface area contributed by atoms with E-state index in [9.17, 15) is 4.79 Å². The number of nitrogens with one attached hydrogen (secondary N) is 1. The molecular formula is C16H21N3O. The molecule has 1 unspecified atom stereocenters. The molecule has 0 spiro atoms. The molecule has 1 aliphatic heterocycles. The standard InChI is InChI=1S/C16H21N3O/c1-18-10-12(14-5-3-4-6-15(14)18)9-17-13-7-8-16(20)19(2)11-13/h3-6,10,13,17H,7-9,11H2,1-2H3. The van der Waals surface area contributed by atoms with Gasteiger partial charge in [-0.15, -0.1) is 0 Å². The fraction of sp³-hybridized carbons (Fsp3) is 0.438. The Morgan fingerprint density at radius 1 is 1.30 bits per heavy atom. The minimum absolute atomic E-state index is 0.258. The lowest BCUT2D eigenvalue weighted by Gasteiger charge is -2.30. The van der Waals surface area contributed by atoms with Crippen LogP contribution in [0.5, 0.6) is 0 Å². The van der Waals surface area contributed by atoms with Gasteiger partial charge in [0.1, 0.15) is 0 Å². The second-order valence-corrected chi connectivity index (χ2v) is 5.67. The summed E-state index contributed by atoms with van der Waals surface area (Å²) in [7, 11) is 3.97. The summed E-state index contributed by atoms with van der Waals surface area (Å²) in [6, 6.07) is 8.87. The number of aromatic nitrogens is 1. The molecule has 1 fully saturated rings. The van der Waals surface area contributed by atoms with Gasteiger partial charge >= 0.3 is 0 Å². The fourth-order valence-electron chi connectivity index (χ4n) is 3.00. The predicted octanol–water partition coefficient (Wildman–Crippen LogP) is 1.89. The lowest BCUT2D eigenvalue weighted by atomic mass is 10.1. The van der Waals surface area contributed by atoms with Crippen molar-refractivity contribution in [3.63, 3.8) is 0 Å². The van der Waals surface area contributed by atoms with E-state index in [4.69, 9.17) is 0 Å². The normalized spacial score (nSPS) is 19.8. The molecule has 1 amide bonds. The molecule has 2 heterocycles. The summed E-state index contributed by atoms with van der Waals surface area (Å²) in [5.41, 5.74) is 2.59. The zero-order valence-corrected chi connectivity index (χ0v) is 12.1. The molecule has 106 valence electrons. The summed E-state index contributed by atoms with van der Waals surface area (Å²) in [6.07, 6.45) is 3.78. The van der Waals surface area contributed by atoms with Crippen LogP contribution in [0.1, 0.15) is 18.4 Å². The van der Waals surface area contributed by atoms with Crippen LogP contribution in [0, 0.1) is 0 Å². The van der Waals surface area contributed by atoms with E-state index in [1.165, 1.54) is 16.5 Å². The van der Waals surface area contributed by atoms with Crippen molar-refractivity contribution in [1.82, 2.24) is 14.8 Å². The molecule has 4 nitrogen and oxygen atoms in total. The Hall–Kier alpha value is -1.81. The third-order valence-corrected chi connectivity index (χ3v) is 4.19. The van der Waals surface area contributed by atoms with E-state index >= 15 is 0 Å². The van der Waals surface area contributed by atoms with Crippen LogP contribution < -0.4 is 5.32 Å². The molecule has 1 atom stereocenters. The van der Waals surface area contributed by atoms with E-state index in [-0.39, 0.29) is 5.91 Å². The minimum atomic E-state index is 0.258. The van der Waals surface area contributed by atoms with Crippen molar-refractivity contribution in [2.45, 2.75) is 25.4 Å². The number of rotatable bonds is 3. The smallest absolute Gasteiger partial charge is 0.222 e. The molecule has 4 heteroatoms. The number of benzene rings is 1. The summed E-state index contributed by atoms with van der Waals surface area (Å²) >= 11 is 0. The molecule has 1 aliphatic rings. The Labute approximate surface area is 119 Å². The van der Waals surface area contributed by atoms with Crippen LogP contribution in [0.15, 0.2) is 30.5 Å². The molecule has 1 saturated heterocycles. The second kappa shape index (κ2) is 5.29. The Balaban J connectivity index is 1.70. The highest BCUT2D eigenvalue weighted by Crippen LogP contribution is 2.20. The van der Waals surface area contributed by atoms with Gasteiger partial charge in [-0.2, -0.15) is 0 Å². The van der Waals surface area contributed by atoms with E-state index in [2.05, 4.69) is 47.4 Å². The van der Waals surface area contributed by atoms with E-state index < -0.39 is 0 Å². The highest BCUT2D eigenvalue weighted by molar-refractivity contribution is 5.83. The van der Waals surface area contributed by atoms with E-state index in [0.717, 1.165) is 19.5 Å². The highest BCUT2D eigenvalue weighted by Gasteiger charge is 2.22. The molecule has 0 saturated carbocycles. The fourth-order valence-corrected chi connectivity index (χ4v) is 3.00. The van der Waals surface area contributed by atoms with Crippen molar-refractivity contribution in [1.29, 1.82) is 0 Å². The maximum absolute atomic E-state index is 11.5. The van der Waals surface area contributed by atoms with Crippen molar-refractivity contribution in [2.24, 2.45) is 7.05 Å².